The Balaban J connectivity index is 2.86. The quantitative estimate of drug-likeness (QED) is 0.793. The molecular weight excluding hydrogens is 246 g/mol. The first-order valence-corrected chi connectivity index (χ1v) is 6.46. The van der Waals surface area contributed by atoms with Crippen LogP contribution in [0.2, 0.25) is 0 Å². The highest BCUT2D eigenvalue weighted by molar-refractivity contribution is 5.84. The number of amides is 1. The number of aromatic nitrogens is 2. The number of aryl methyl sites for hydroxylation is 2. The van der Waals surface area contributed by atoms with E-state index in [2.05, 4.69) is 10.4 Å². The van der Waals surface area contributed by atoms with Gasteiger partial charge in [-0.3, -0.25) is 14.3 Å². The van der Waals surface area contributed by atoms with Crippen molar-refractivity contribution in [3.8, 4) is 0 Å². The Bertz CT molecular complexity index is 480. The van der Waals surface area contributed by atoms with Crippen LogP contribution in [0.3, 0.4) is 0 Å². The zero-order valence-electron chi connectivity index (χ0n) is 11.9. The maximum atomic E-state index is 11.9. The van der Waals surface area contributed by atoms with E-state index in [0.29, 0.717) is 0 Å². The normalized spacial score (nSPS) is 12.2. The maximum Gasteiger partial charge on any atom is 0.325 e. The number of carboxylic acids is 1. The molecule has 0 saturated heterocycles. The van der Waals surface area contributed by atoms with Crippen LogP contribution in [-0.4, -0.2) is 32.8 Å². The van der Waals surface area contributed by atoms with Gasteiger partial charge in [0.25, 0.3) is 0 Å². The van der Waals surface area contributed by atoms with E-state index < -0.39 is 12.0 Å². The maximum absolute atomic E-state index is 11.9. The highest BCUT2D eigenvalue weighted by Gasteiger charge is 2.19. The smallest absolute Gasteiger partial charge is 0.325 e. The van der Waals surface area contributed by atoms with Crippen LogP contribution in [-0.2, 0) is 35.9 Å². The van der Waals surface area contributed by atoms with Gasteiger partial charge in [0.15, 0.2) is 0 Å². The van der Waals surface area contributed by atoms with E-state index >= 15 is 0 Å². The van der Waals surface area contributed by atoms with E-state index in [9.17, 15) is 9.59 Å². The lowest BCUT2D eigenvalue weighted by atomic mass is 10.1. The van der Waals surface area contributed by atoms with Crippen LogP contribution in [0.15, 0.2) is 0 Å². The molecule has 0 fully saturated rings. The molecule has 106 valence electrons. The van der Waals surface area contributed by atoms with Crippen molar-refractivity contribution in [2.45, 2.75) is 46.1 Å². The lowest BCUT2D eigenvalue weighted by Crippen LogP contribution is -2.39. The summed E-state index contributed by atoms with van der Waals surface area (Å²) in [5.74, 6) is -1.32. The van der Waals surface area contributed by atoms with Crippen molar-refractivity contribution in [1.29, 1.82) is 0 Å². The Labute approximate surface area is 112 Å². The Kier molecular flexibility index (Phi) is 5.09. The van der Waals surface area contributed by atoms with Crippen molar-refractivity contribution in [3.63, 3.8) is 0 Å². The van der Waals surface area contributed by atoms with E-state index in [0.717, 1.165) is 29.8 Å². The number of nitrogens with zero attached hydrogens (tertiary/aromatic N) is 2. The molecule has 2 N–H and O–H groups in total. The predicted molar refractivity (Wildman–Crippen MR) is 70.9 cm³/mol. The van der Waals surface area contributed by atoms with Gasteiger partial charge < -0.3 is 10.4 Å². The number of rotatable bonds is 6. The molecule has 1 rings (SSSR count). The minimum Gasteiger partial charge on any atom is -0.480 e. The second-order valence-corrected chi connectivity index (χ2v) is 4.51. The number of carboxylic acid groups (broad SMARTS) is 1. The molecule has 1 aromatic rings. The summed E-state index contributed by atoms with van der Waals surface area (Å²) in [7, 11) is 1.86. The van der Waals surface area contributed by atoms with E-state index in [1.54, 1.807) is 4.68 Å². The zero-order valence-corrected chi connectivity index (χ0v) is 11.9. The van der Waals surface area contributed by atoms with Gasteiger partial charge in [0.1, 0.15) is 6.04 Å². The number of hydrogen-bond donors (Lipinski definition) is 2. The van der Waals surface area contributed by atoms with Crippen molar-refractivity contribution in [2.24, 2.45) is 7.05 Å². The number of nitrogens with one attached hydrogen (secondary N) is 1. The third-order valence-corrected chi connectivity index (χ3v) is 3.11. The molecule has 0 saturated carbocycles. The minimum atomic E-state index is -1.04. The number of carbonyl (C=O) groups is 2. The molecular formula is C13H21N3O3. The molecule has 6 heteroatoms. The summed E-state index contributed by atoms with van der Waals surface area (Å²) in [6.45, 7) is 5.45. The van der Waals surface area contributed by atoms with Gasteiger partial charge in [-0.15, -0.1) is 0 Å². The summed E-state index contributed by atoms with van der Waals surface area (Å²) < 4.78 is 1.79. The van der Waals surface area contributed by atoms with E-state index in [4.69, 9.17) is 5.11 Å². The topological polar surface area (TPSA) is 84.2 Å². The molecule has 1 aromatic heterocycles. The molecule has 6 nitrogen and oxygen atoms in total. The highest BCUT2D eigenvalue weighted by atomic mass is 16.4. The number of carbonyl (C=O) groups excluding carboxylic acids is 1. The van der Waals surface area contributed by atoms with Gasteiger partial charge in [0, 0.05) is 18.3 Å². The molecule has 0 aromatic carbocycles. The lowest BCUT2D eigenvalue weighted by molar-refractivity contribution is -0.141. The molecule has 0 aliphatic carbocycles. The fourth-order valence-corrected chi connectivity index (χ4v) is 2.11. The summed E-state index contributed by atoms with van der Waals surface area (Å²) in [6, 6.07) is -0.876. The predicted octanol–water partition coefficient (Wildman–Crippen LogP) is 0.677. The van der Waals surface area contributed by atoms with Crippen molar-refractivity contribution in [1.82, 2.24) is 15.1 Å². The SMILES string of the molecule is CCc1nn(C)c(CC)c1CC(=O)NC(C)C(=O)O. The van der Waals surface area contributed by atoms with Crippen LogP contribution in [0.4, 0.5) is 0 Å². The van der Waals surface area contributed by atoms with Gasteiger partial charge >= 0.3 is 5.97 Å². The minimum absolute atomic E-state index is 0.178. The second-order valence-electron chi connectivity index (χ2n) is 4.51. The average Bonchev–Trinajstić information content (AvgIpc) is 2.64. The fourth-order valence-electron chi connectivity index (χ4n) is 2.11. The summed E-state index contributed by atoms with van der Waals surface area (Å²) in [4.78, 5) is 22.6. The molecule has 1 heterocycles. The van der Waals surface area contributed by atoms with E-state index in [1.807, 2.05) is 20.9 Å². The largest absolute Gasteiger partial charge is 0.480 e. The highest BCUT2D eigenvalue weighted by Crippen LogP contribution is 2.16. The van der Waals surface area contributed by atoms with Gasteiger partial charge in [0.2, 0.25) is 5.91 Å². The van der Waals surface area contributed by atoms with Gasteiger partial charge in [-0.2, -0.15) is 5.10 Å². The molecule has 0 aliphatic heterocycles. The molecule has 0 spiro atoms. The van der Waals surface area contributed by atoms with Crippen LogP contribution in [0.25, 0.3) is 0 Å². The summed E-state index contributed by atoms with van der Waals surface area (Å²) in [5.41, 5.74) is 2.84. The standard InChI is InChI=1S/C13H21N3O3/c1-5-10-9(11(6-2)16(4)15-10)7-12(17)14-8(3)13(18)19/h8H,5-7H2,1-4H3,(H,14,17)(H,18,19). The van der Waals surface area contributed by atoms with Crippen LogP contribution in [0.1, 0.15) is 37.7 Å². The first-order valence-electron chi connectivity index (χ1n) is 6.46. The second kappa shape index (κ2) is 6.36. The molecule has 0 bridgehead atoms. The van der Waals surface area contributed by atoms with Crippen LogP contribution in [0.5, 0.6) is 0 Å². The fraction of sp³-hybridized carbons (Fsp3) is 0.615. The van der Waals surface area contributed by atoms with Gasteiger partial charge in [0.05, 0.1) is 12.1 Å². The van der Waals surface area contributed by atoms with Crippen LogP contribution in [0, 0.1) is 0 Å². The first-order chi connectivity index (χ1) is 8.90. The van der Waals surface area contributed by atoms with Crippen molar-refractivity contribution >= 4 is 11.9 Å². The van der Waals surface area contributed by atoms with Crippen molar-refractivity contribution in [2.75, 3.05) is 0 Å². The summed E-state index contributed by atoms with van der Waals surface area (Å²) in [6.07, 6.45) is 1.73. The summed E-state index contributed by atoms with van der Waals surface area (Å²) >= 11 is 0. The molecule has 0 aliphatic rings. The first kappa shape index (κ1) is 15.2. The Hall–Kier alpha value is -1.85. The van der Waals surface area contributed by atoms with Gasteiger partial charge in [-0.25, -0.2) is 0 Å². The average molecular weight is 267 g/mol. The zero-order chi connectivity index (χ0) is 14.6. The molecule has 0 radical (unpaired) electrons. The Morgan fingerprint density at radius 2 is 2.00 bits per heavy atom. The lowest BCUT2D eigenvalue weighted by Gasteiger charge is -2.10. The number of aliphatic carboxylic acids is 1. The van der Waals surface area contributed by atoms with Crippen molar-refractivity contribution in [3.05, 3.63) is 17.0 Å². The molecule has 1 atom stereocenters. The van der Waals surface area contributed by atoms with Crippen molar-refractivity contribution < 1.29 is 14.7 Å². The third-order valence-electron chi connectivity index (χ3n) is 3.11. The van der Waals surface area contributed by atoms with Crippen LogP contribution < -0.4 is 5.32 Å². The molecule has 1 amide bonds. The Morgan fingerprint density at radius 1 is 1.37 bits per heavy atom. The summed E-state index contributed by atoms with van der Waals surface area (Å²) in [5, 5.41) is 15.6. The molecule has 1 unspecified atom stereocenters. The van der Waals surface area contributed by atoms with Gasteiger partial charge in [-0.1, -0.05) is 13.8 Å². The van der Waals surface area contributed by atoms with E-state index in [1.165, 1.54) is 6.92 Å². The monoisotopic (exact) mass is 267 g/mol. The van der Waals surface area contributed by atoms with E-state index in [-0.39, 0.29) is 12.3 Å². The number of hydrogen-bond acceptors (Lipinski definition) is 3. The van der Waals surface area contributed by atoms with Gasteiger partial charge in [-0.05, 0) is 19.8 Å². The Morgan fingerprint density at radius 3 is 2.47 bits per heavy atom. The van der Waals surface area contributed by atoms with Crippen LogP contribution >= 0.6 is 0 Å². The third kappa shape index (κ3) is 3.56. The molecule has 19 heavy (non-hydrogen) atoms.